The lowest BCUT2D eigenvalue weighted by atomic mass is 10.2. The Balaban J connectivity index is 2.19. The molecule has 2 rings (SSSR count). The summed E-state index contributed by atoms with van der Waals surface area (Å²) in [5.41, 5.74) is 0.461. The molecule has 0 spiro atoms. The fourth-order valence-electron chi connectivity index (χ4n) is 1.44. The lowest BCUT2D eigenvalue weighted by Crippen LogP contribution is -2.45. The number of carbonyl (C=O) groups is 2. The molecule has 90 valence electrons. The molecule has 4 nitrogen and oxygen atoms in total. The molecular weight excluding hydrogens is 230 g/mol. The van der Waals surface area contributed by atoms with Crippen molar-refractivity contribution >= 4 is 11.9 Å². The van der Waals surface area contributed by atoms with E-state index in [1.807, 2.05) is 6.07 Å². The van der Waals surface area contributed by atoms with Crippen molar-refractivity contribution in [1.29, 1.82) is 0 Å². The molecule has 0 atom stereocenters. The SMILES string of the molecule is CC(=O)c1ccc[n+](C(=O)Oc2ccccc2)c1. The maximum Gasteiger partial charge on any atom is 0.607 e. The lowest BCUT2D eigenvalue weighted by molar-refractivity contribution is -0.582. The van der Waals surface area contributed by atoms with Crippen molar-refractivity contribution < 1.29 is 18.9 Å². The zero-order valence-corrected chi connectivity index (χ0v) is 9.87. The van der Waals surface area contributed by atoms with Crippen LogP contribution in [0.25, 0.3) is 0 Å². The molecule has 0 aliphatic heterocycles. The molecule has 0 aliphatic carbocycles. The van der Waals surface area contributed by atoms with Gasteiger partial charge in [-0.15, -0.1) is 0 Å². The van der Waals surface area contributed by atoms with Crippen molar-refractivity contribution in [3.05, 3.63) is 60.4 Å². The van der Waals surface area contributed by atoms with Crippen molar-refractivity contribution in [2.75, 3.05) is 0 Å². The fraction of sp³-hybridized carbons (Fsp3) is 0.0714. The molecule has 0 radical (unpaired) electrons. The number of para-hydroxylation sites is 1. The van der Waals surface area contributed by atoms with E-state index in [0.29, 0.717) is 11.3 Å². The van der Waals surface area contributed by atoms with E-state index in [0.717, 1.165) is 0 Å². The summed E-state index contributed by atoms with van der Waals surface area (Å²) in [7, 11) is 0. The number of hydrogen-bond acceptors (Lipinski definition) is 3. The van der Waals surface area contributed by atoms with E-state index in [4.69, 9.17) is 4.74 Å². The molecule has 0 saturated heterocycles. The Hall–Kier alpha value is -2.49. The van der Waals surface area contributed by atoms with Gasteiger partial charge in [0.05, 0.1) is 5.56 Å². The standard InChI is InChI=1S/C14H12NO3/c1-11(16)12-6-5-9-15(10-12)14(17)18-13-7-3-2-4-8-13/h2-10H,1H3/q+1. The number of hydrogen-bond donors (Lipinski definition) is 0. The van der Waals surface area contributed by atoms with E-state index >= 15 is 0 Å². The summed E-state index contributed by atoms with van der Waals surface area (Å²) < 4.78 is 6.39. The highest BCUT2D eigenvalue weighted by Gasteiger charge is 2.18. The molecule has 0 aliphatic rings. The van der Waals surface area contributed by atoms with Gasteiger partial charge >= 0.3 is 6.09 Å². The first-order valence-corrected chi connectivity index (χ1v) is 5.46. The second-order valence-corrected chi connectivity index (χ2v) is 3.74. The molecule has 0 saturated carbocycles. The number of rotatable bonds is 2. The second kappa shape index (κ2) is 5.23. The largest absolute Gasteiger partial charge is 0.607 e. The molecule has 0 N–H and O–H groups in total. The van der Waals surface area contributed by atoms with Gasteiger partial charge in [-0.05, 0) is 25.1 Å². The van der Waals surface area contributed by atoms with E-state index in [1.54, 1.807) is 36.4 Å². The monoisotopic (exact) mass is 242 g/mol. The Morgan fingerprint density at radius 2 is 1.78 bits per heavy atom. The van der Waals surface area contributed by atoms with Crippen LogP contribution in [0.15, 0.2) is 54.9 Å². The van der Waals surface area contributed by atoms with Gasteiger partial charge in [-0.2, -0.15) is 4.79 Å². The predicted molar refractivity (Wildman–Crippen MR) is 64.5 cm³/mol. The van der Waals surface area contributed by atoms with Gasteiger partial charge in [0, 0.05) is 6.07 Å². The van der Waals surface area contributed by atoms with Gasteiger partial charge < -0.3 is 4.74 Å². The maximum atomic E-state index is 11.8. The third-order valence-electron chi connectivity index (χ3n) is 2.37. The zero-order valence-electron chi connectivity index (χ0n) is 9.87. The highest BCUT2D eigenvalue weighted by atomic mass is 16.6. The van der Waals surface area contributed by atoms with Crippen LogP contribution in [0, 0.1) is 0 Å². The number of benzene rings is 1. The summed E-state index contributed by atoms with van der Waals surface area (Å²) >= 11 is 0. The summed E-state index contributed by atoms with van der Waals surface area (Å²) in [5.74, 6) is 0.361. The lowest BCUT2D eigenvalue weighted by Gasteiger charge is -1.99. The van der Waals surface area contributed by atoms with E-state index < -0.39 is 6.09 Å². The zero-order chi connectivity index (χ0) is 13.0. The number of aromatic nitrogens is 1. The van der Waals surface area contributed by atoms with Crippen LogP contribution in [0.5, 0.6) is 5.75 Å². The maximum absolute atomic E-state index is 11.8. The average molecular weight is 242 g/mol. The highest BCUT2D eigenvalue weighted by Crippen LogP contribution is 2.08. The van der Waals surface area contributed by atoms with Crippen LogP contribution >= 0.6 is 0 Å². The fourth-order valence-corrected chi connectivity index (χ4v) is 1.44. The molecule has 2 aromatic rings. The number of pyridine rings is 1. The molecule has 1 heterocycles. The van der Waals surface area contributed by atoms with Crippen LogP contribution in [0.4, 0.5) is 4.79 Å². The molecule has 1 aromatic heterocycles. The van der Waals surface area contributed by atoms with Gasteiger partial charge in [-0.1, -0.05) is 22.8 Å². The number of nitrogens with zero attached hydrogens (tertiary/aromatic N) is 1. The number of carbonyl (C=O) groups excluding carboxylic acids is 2. The van der Waals surface area contributed by atoms with Crippen molar-refractivity contribution in [2.24, 2.45) is 0 Å². The Morgan fingerprint density at radius 1 is 1.06 bits per heavy atom. The van der Waals surface area contributed by atoms with Gasteiger partial charge in [0.25, 0.3) is 0 Å². The van der Waals surface area contributed by atoms with Crippen LogP contribution in [0.2, 0.25) is 0 Å². The number of ether oxygens (including phenoxy) is 1. The van der Waals surface area contributed by atoms with Gasteiger partial charge in [-0.3, -0.25) is 4.79 Å². The van der Waals surface area contributed by atoms with Gasteiger partial charge in [0.2, 0.25) is 0 Å². The van der Waals surface area contributed by atoms with Crippen LogP contribution in [0.1, 0.15) is 17.3 Å². The normalized spacial score (nSPS) is 9.83. The Bertz CT molecular complexity index is 579. The van der Waals surface area contributed by atoms with Crippen molar-refractivity contribution in [2.45, 2.75) is 6.92 Å². The minimum atomic E-state index is -0.552. The summed E-state index contributed by atoms with van der Waals surface area (Å²) in [6, 6.07) is 12.0. The molecule has 1 aromatic carbocycles. The van der Waals surface area contributed by atoms with Gasteiger partial charge in [0.15, 0.2) is 18.2 Å². The third kappa shape index (κ3) is 2.79. The van der Waals surface area contributed by atoms with Crippen LogP contribution < -0.4 is 9.30 Å². The minimum Gasteiger partial charge on any atom is -0.372 e. The smallest absolute Gasteiger partial charge is 0.372 e. The molecular formula is C14H12NO3+. The van der Waals surface area contributed by atoms with Crippen molar-refractivity contribution in [3.63, 3.8) is 0 Å². The number of Topliss-reactive ketones (excluding diaryl/α,β-unsaturated/α-hetero) is 1. The topological polar surface area (TPSA) is 47.2 Å². The highest BCUT2D eigenvalue weighted by molar-refractivity contribution is 5.93. The Morgan fingerprint density at radius 3 is 2.44 bits per heavy atom. The Kier molecular flexibility index (Phi) is 3.48. The van der Waals surface area contributed by atoms with Crippen molar-refractivity contribution in [3.8, 4) is 5.75 Å². The molecule has 0 fully saturated rings. The van der Waals surface area contributed by atoms with E-state index in [-0.39, 0.29) is 5.78 Å². The summed E-state index contributed by atoms with van der Waals surface area (Å²) in [5, 5.41) is 0. The minimum absolute atomic E-state index is 0.100. The van der Waals surface area contributed by atoms with E-state index in [1.165, 1.54) is 23.9 Å². The first-order valence-electron chi connectivity index (χ1n) is 5.46. The average Bonchev–Trinajstić information content (AvgIpc) is 2.40. The summed E-state index contributed by atoms with van der Waals surface area (Å²) in [6.07, 6.45) is 2.44. The quantitative estimate of drug-likeness (QED) is 0.599. The van der Waals surface area contributed by atoms with Gasteiger partial charge in [-0.25, -0.2) is 0 Å². The van der Waals surface area contributed by atoms with Crippen LogP contribution in [0.3, 0.4) is 0 Å². The van der Waals surface area contributed by atoms with Crippen molar-refractivity contribution in [1.82, 2.24) is 0 Å². The molecule has 0 amide bonds. The van der Waals surface area contributed by atoms with Crippen LogP contribution in [-0.2, 0) is 0 Å². The Labute approximate surface area is 104 Å². The first kappa shape index (κ1) is 12.0. The molecule has 18 heavy (non-hydrogen) atoms. The summed E-state index contributed by atoms with van der Waals surface area (Å²) in [4.78, 5) is 23.0. The van der Waals surface area contributed by atoms with E-state index in [9.17, 15) is 9.59 Å². The molecule has 4 heteroatoms. The predicted octanol–water partition coefficient (Wildman–Crippen LogP) is 2.22. The summed E-state index contributed by atoms with van der Waals surface area (Å²) in [6.45, 7) is 1.45. The second-order valence-electron chi connectivity index (χ2n) is 3.74. The third-order valence-corrected chi connectivity index (χ3v) is 2.37. The molecule has 0 unspecified atom stereocenters. The number of ketones is 1. The first-order chi connectivity index (χ1) is 8.66. The van der Waals surface area contributed by atoms with E-state index in [2.05, 4.69) is 0 Å². The van der Waals surface area contributed by atoms with Gasteiger partial charge in [0.1, 0.15) is 5.75 Å². The molecule has 0 bridgehead atoms. The van der Waals surface area contributed by atoms with Crippen LogP contribution in [-0.4, -0.2) is 11.9 Å².